The van der Waals surface area contributed by atoms with Gasteiger partial charge in [0.15, 0.2) is 0 Å². The molecule has 3 aromatic rings. The normalized spacial score (nSPS) is 11.7. The number of amides is 1. The molecule has 1 aromatic carbocycles. The summed E-state index contributed by atoms with van der Waals surface area (Å²) in [6.45, 7) is 6.81. The lowest BCUT2D eigenvalue weighted by Gasteiger charge is -2.13. The third-order valence-corrected chi connectivity index (χ3v) is 4.57. The number of imidazole rings is 1. The molecule has 0 aliphatic rings. The minimum atomic E-state index is -0.883. The molecule has 2 N–H and O–H groups in total. The summed E-state index contributed by atoms with van der Waals surface area (Å²) in [5, 5.41) is 10.6. The van der Waals surface area contributed by atoms with Crippen LogP contribution in [0, 0.1) is 11.6 Å². The van der Waals surface area contributed by atoms with E-state index in [0.29, 0.717) is 11.7 Å². The zero-order chi connectivity index (χ0) is 18.9. The summed E-state index contributed by atoms with van der Waals surface area (Å²) in [5.41, 5.74) is 0.338. The number of benzene rings is 1. The van der Waals surface area contributed by atoms with Crippen LogP contribution in [-0.4, -0.2) is 33.6 Å². The minimum Gasteiger partial charge on any atom is -0.358 e. The summed E-state index contributed by atoms with van der Waals surface area (Å²) in [6, 6.07) is 3.31. The van der Waals surface area contributed by atoms with Crippen molar-refractivity contribution in [1.82, 2.24) is 19.9 Å². The summed E-state index contributed by atoms with van der Waals surface area (Å²) in [7, 11) is 0. The molecule has 0 aliphatic carbocycles. The average molecular weight is 379 g/mol. The maximum Gasteiger partial charge on any atom is 0.257 e. The van der Waals surface area contributed by atoms with Gasteiger partial charge >= 0.3 is 0 Å². The predicted octanol–water partition coefficient (Wildman–Crippen LogP) is 3.21. The Morgan fingerprint density at radius 3 is 2.54 bits per heavy atom. The van der Waals surface area contributed by atoms with Gasteiger partial charge in [-0.2, -0.15) is 0 Å². The summed E-state index contributed by atoms with van der Waals surface area (Å²) in [6.07, 6.45) is 1.89. The maximum atomic E-state index is 13.5. The molecule has 0 bridgehead atoms. The van der Waals surface area contributed by atoms with Crippen LogP contribution in [-0.2, 0) is 5.41 Å². The highest BCUT2D eigenvalue weighted by Crippen LogP contribution is 2.25. The number of anilines is 1. The second-order valence-corrected chi connectivity index (χ2v) is 7.75. The van der Waals surface area contributed by atoms with E-state index in [4.69, 9.17) is 0 Å². The lowest BCUT2D eigenvalue weighted by Crippen LogP contribution is -2.30. The van der Waals surface area contributed by atoms with Gasteiger partial charge in [-0.05, 0) is 12.1 Å². The molecule has 2 heterocycles. The van der Waals surface area contributed by atoms with Crippen molar-refractivity contribution in [3.05, 3.63) is 47.3 Å². The molecule has 0 fully saturated rings. The first-order chi connectivity index (χ1) is 12.3. The van der Waals surface area contributed by atoms with E-state index in [-0.39, 0.29) is 12.0 Å². The molecule has 0 unspecified atom stereocenters. The van der Waals surface area contributed by atoms with Crippen molar-refractivity contribution in [2.75, 3.05) is 18.4 Å². The second-order valence-electron chi connectivity index (χ2n) is 6.79. The molecular formula is C17H19F2N5OS. The summed E-state index contributed by atoms with van der Waals surface area (Å²) >= 11 is 1.39. The summed E-state index contributed by atoms with van der Waals surface area (Å²) in [4.78, 5) is 17.2. The van der Waals surface area contributed by atoms with E-state index in [1.165, 1.54) is 17.4 Å². The Balaban J connectivity index is 1.54. The third kappa shape index (κ3) is 3.82. The number of carbonyl (C=O) groups is 1. The molecule has 0 atom stereocenters. The van der Waals surface area contributed by atoms with Gasteiger partial charge in [-0.15, -0.1) is 5.10 Å². The first-order valence-electron chi connectivity index (χ1n) is 8.08. The topological polar surface area (TPSA) is 71.3 Å². The molecule has 0 saturated carbocycles. The van der Waals surface area contributed by atoms with Crippen LogP contribution in [0.1, 0.15) is 36.8 Å². The van der Waals surface area contributed by atoms with Crippen molar-refractivity contribution in [2.24, 2.45) is 0 Å². The van der Waals surface area contributed by atoms with Gasteiger partial charge in [-0.3, -0.25) is 4.79 Å². The number of nitrogens with one attached hydrogen (secondary N) is 2. The Morgan fingerprint density at radius 2 is 1.92 bits per heavy atom. The molecule has 0 radical (unpaired) electrons. The Hall–Kier alpha value is -2.55. The lowest BCUT2D eigenvalue weighted by atomic mass is 9.93. The molecule has 2 aromatic heterocycles. The second kappa shape index (κ2) is 6.99. The number of halogens is 2. The minimum absolute atomic E-state index is 0.0483. The van der Waals surface area contributed by atoms with Gasteiger partial charge in [0.05, 0.1) is 11.9 Å². The number of nitrogens with zero attached hydrogens (tertiary/aromatic N) is 3. The van der Waals surface area contributed by atoms with Gasteiger partial charge in [0.2, 0.25) is 10.1 Å². The van der Waals surface area contributed by atoms with Crippen LogP contribution in [0.25, 0.3) is 4.96 Å². The number of hydrogen-bond donors (Lipinski definition) is 2. The fourth-order valence-corrected chi connectivity index (χ4v) is 3.09. The number of fused-ring (bicyclic) bond motifs is 1. The van der Waals surface area contributed by atoms with E-state index in [2.05, 4.69) is 41.5 Å². The highest BCUT2D eigenvalue weighted by molar-refractivity contribution is 7.20. The van der Waals surface area contributed by atoms with Crippen molar-refractivity contribution in [3.63, 3.8) is 0 Å². The van der Waals surface area contributed by atoms with Crippen LogP contribution >= 0.6 is 11.3 Å². The zero-order valence-corrected chi connectivity index (χ0v) is 15.5. The van der Waals surface area contributed by atoms with Crippen LogP contribution < -0.4 is 10.6 Å². The molecule has 9 heteroatoms. The average Bonchev–Trinajstić information content (AvgIpc) is 3.09. The fourth-order valence-electron chi connectivity index (χ4n) is 2.28. The van der Waals surface area contributed by atoms with Gasteiger partial charge in [-0.25, -0.2) is 18.3 Å². The SMILES string of the molecule is CC(C)(C)c1cn2nc(NCCNC(=O)c3c(F)cccc3F)sc2n1. The van der Waals surface area contributed by atoms with Crippen molar-refractivity contribution in [1.29, 1.82) is 0 Å². The van der Waals surface area contributed by atoms with Crippen LogP contribution in [0.4, 0.5) is 13.9 Å². The van der Waals surface area contributed by atoms with Crippen molar-refractivity contribution >= 4 is 27.3 Å². The Kier molecular flexibility index (Phi) is 4.90. The standard InChI is InChI=1S/C17H19F2N5OS/c1-17(2,3)12-9-24-16(22-12)26-15(23-24)21-8-7-20-14(25)13-10(18)5-4-6-11(13)19/h4-6,9H,7-8H2,1-3H3,(H,20,25)(H,21,23). The number of carbonyl (C=O) groups excluding carboxylic acids is 1. The number of hydrogen-bond acceptors (Lipinski definition) is 5. The predicted molar refractivity (Wildman–Crippen MR) is 96.7 cm³/mol. The zero-order valence-electron chi connectivity index (χ0n) is 14.6. The van der Waals surface area contributed by atoms with Gasteiger partial charge in [-0.1, -0.05) is 38.2 Å². The Labute approximate surface area is 153 Å². The molecule has 138 valence electrons. The van der Waals surface area contributed by atoms with E-state index >= 15 is 0 Å². The molecule has 0 aliphatic heterocycles. The van der Waals surface area contributed by atoms with Gasteiger partial charge in [0.25, 0.3) is 5.91 Å². The molecule has 26 heavy (non-hydrogen) atoms. The van der Waals surface area contributed by atoms with Crippen LogP contribution in [0.15, 0.2) is 24.4 Å². The van der Waals surface area contributed by atoms with E-state index in [1.807, 2.05) is 6.20 Å². The summed E-state index contributed by atoms with van der Waals surface area (Å²) < 4.78 is 28.8. The maximum absolute atomic E-state index is 13.5. The van der Waals surface area contributed by atoms with Crippen LogP contribution in [0.5, 0.6) is 0 Å². The van der Waals surface area contributed by atoms with E-state index in [0.717, 1.165) is 22.8 Å². The molecular weight excluding hydrogens is 360 g/mol. The first kappa shape index (κ1) is 18.2. The van der Waals surface area contributed by atoms with E-state index < -0.39 is 23.1 Å². The molecule has 0 spiro atoms. The Morgan fingerprint density at radius 1 is 1.23 bits per heavy atom. The Bertz CT molecular complexity index is 893. The fraction of sp³-hybridized carbons (Fsp3) is 0.353. The van der Waals surface area contributed by atoms with E-state index in [1.54, 1.807) is 4.52 Å². The van der Waals surface area contributed by atoms with Crippen molar-refractivity contribution < 1.29 is 13.6 Å². The molecule has 6 nitrogen and oxygen atoms in total. The highest BCUT2D eigenvalue weighted by atomic mass is 32.1. The summed E-state index contributed by atoms with van der Waals surface area (Å²) in [5.74, 6) is -2.55. The molecule has 0 saturated heterocycles. The number of rotatable bonds is 5. The van der Waals surface area contributed by atoms with Crippen molar-refractivity contribution in [3.8, 4) is 0 Å². The quantitative estimate of drug-likeness (QED) is 0.668. The number of aromatic nitrogens is 3. The smallest absolute Gasteiger partial charge is 0.257 e. The first-order valence-corrected chi connectivity index (χ1v) is 8.90. The van der Waals surface area contributed by atoms with Gasteiger partial charge < -0.3 is 10.6 Å². The van der Waals surface area contributed by atoms with Gasteiger partial charge in [0, 0.05) is 18.5 Å². The van der Waals surface area contributed by atoms with Gasteiger partial charge in [0.1, 0.15) is 17.2 Å². The molecule has 3 rings (SSSR count). The largest absolute Gasteiger partial charge is 0.358 e. The molecule has 1 amide bonds. The van der Waals surface area contributed by atoms with E-state index in [9.17, 15) is 13.6 Å². The third-order valence-electron chi connectivity index (χ3n) is 3.69. The monoisotopic (exact) mass is 379 g/mol. The van der Waals surface area contributed by atoms with Crippen molar-refractivity contribution in [2.45, 2.75) is 26.2 Å². The van der Waals surface area contributed by atoms with Crippen LogP contribution in [0.2, 0.25) is 0 Å². The lowest BCUT2D eigenvalue weighted by molar-refractivity contribution is 0.0946. The highest BCUT2D eigenvalue weighted by Gasteiger charge is 2.19. The van der Waals surface area contributed by atoms with Crippen LogP contribution in [0.3, 0.4) is 0 Å².